The molecule has 4 amide bonds. The molecule has 31 heavy (non-hydrogen) atoms. The molecule has 2 aliphatic heterocycles. The Hall–Kier alpha value is -3.55. The van der Waals surface area contributed by atoms with Gasteiger partial charge in [0.15, 0.2) is 0 Å². The number of benzene rings is 2. The summed E-state index contributed by atoms with van der Waals surface area (Å²) in [6.07, 6.45) is 0.948. The van der Waals surface area contributed by atoms with Crippen molar-refractivity contribution in [2.24, 2.45) is 0 Å². The number of hydrogen-bond donors (Lipinski definition) is 2. The third-order valence-corrected chi connectivity index (χ3v) is 5.95. The highest BCUT2D eigenvalue weighted by Crippen LogP contribution is 2.26. The van der Waals surface area contributed by atoms with Gasteiger partial charge in [0.1, 0.15) is 17.8 Å². The molecular weight excluding hydrogens is 396 g/mol. The lowest BCUT2D eigenvalue weighted by Gasteiger charge is -2.30. The van der Waals surface area contributed by atoms with Crippen LogP contribution < -0.4 is 15.4 Å². The molecule has 3 atom stereocenters. The standard InChI is InChI=1S/C23H26N4O4/c1-26-19(13-15-7-4-3-5-8-15)21(28)25-18-11-12-27(20(18)22(26)29)23(30)24-16-9-6-10-17(14-16)31-2/h3-10,14,18-20H,11-13H2,1-2H3,(H,24,30)(H,25,28)/t18-,19+,20+/m1/s1. The minimum Gasteiger partial charge on any atom is -0.497 e. The third-order valence-electron chi connectivity index (χ3n) is 5.95. The molecule has 0 spiro atoms. The maximum Gasteiger partial charge on any atom is 0.322 e. The van der Waals surface area contributed by atoms with Crippen LogP contribution in [0.5, 0.6) is 5.75 Å². The number of hydrogen-bond acceptors (Lipinski definition) is 4. The molecular formula is C23H26N4O4. The summed E-state index contributed by atoms with van der Waals surface area (Å²) >= 11 is 0. The molecule has 2 saturated heterocycles. The van der Waals surface area contributed by atoms with E-state index in [-0.39, 0.29) is 17.8 Å². The quantitative estimate of drug-likeness (QED) is 0.787. The molecule has 8 heteroatoms. The van der Waals surface area contributed by atoms with Crippen LogP contribution in [0.1, 0.15) is 12.0 Å². The number of carbonyl (C=O) groups is 3. The third kappa shape index (κ3) is 4.19. The van der Waals surface area contributed by atoms with Crippen LogP contribution in [0.3, 0.4) is 0 Å². The fourth-order valence-corrected chi connectivity index (χ4v) is 4.26. The van der Waals surface area contributed by atoms with Gasteiger partial charge < -0.3 is 25.2 Å². The molecule has 2 fully saturated rings. The SMILES string of the molecule is COc1cccc(NC(=O)N2CC[C@H]3NC(=O)[C@H](Cc4ccccc4)N(C)C(=O)[C@H]32)c1. The van der Waals surface area contributed by atoms with Crippen LogP contribution in [0, 0.1) is 0 Å². The van der Waals surface area contributed by atoms with E-state index in [0.717, 1.165) is 5.56 Å². The van der Waals surface area contributed by atoms with Crippen molar-refractivity contribution in [1.82, 2.24) is 15.1 Å². The first-order valence-corrected chi connectivity index (χ1v) is 10.3. The highest BCUT2D eigenvalue weighted by Gasteiger charge is 2.48. The van der Waals surface area contributed by atoms with Crippen LogP contribution >= 0.6 is 0 Å². The molecule has 2 aromatic carbocycles. The maximum atomic E-state index is 13.3. The van der Waals surface area contributed by atoms with Crippen molar-refractivity contribution in [3.8, 4) is 5.75 Å². The Morgan fingerprint density at radius 3 is 2.68 bits per heavy atom. The summed E-state index contributed by atoms with van der Waals surface area (Å²) < 4.78 is 5.19. The predicted octanol–water partition coefficient (Wildman–Crippen LogP) is 1.87. The lowest BCUT2D eigenvalue weighted by Crippen LogP contribution is -2.52. The summed E-state index contributed by atoms with van der Waals surface area (Å²) in [5.41, 5.74) is 1.55. The first kappa shape index (κ1) is 20.7. The van der Waals surface area contributed by atoms with Crippen LogP contribution in [0.15, 0.2) is 54.6 Å². The first-order valence-electron chi connectivity index (χ1n) is 10.3. The van der Waals surface area contributed by atoms with E-state index < -0.39 is 18.1 Å². The van der Waals surface area contributed by atoms with Gasteiger partial charge >= 0.3 is 6.03 Å². The Balaban J connectivity index is 1.52. The van der Waals surface area contributed by atoms with E-state index in [4.69, 9.17) is 4.74 Å². The number of likely N-dealkylation sites (N-methyl/N-ethyl adjacent to an activating group) is 1. The van der Waals surface area contributed by atoms with Crippen molar-refractivity contribution >= 4 is 23.5 Å². The van der Waals surface area contributed by atoms with E-state index in [1.54, 1.807) is 38.4 Å². The van der Waals surface area contributed by atoms with Gasteiger partial charge in [0.05, 0.1) is 13.2 Å². The van der Waals surface area contributed by atoms with E-state index in [0.29, 0.717) is 30.8 Å². The van der Waals surface area contributed by atoms with Gasteiger partial charge in [-0.2, -0.15) is 0 Å². The van der Waals surface area contributed by atoms with Crippen LogP contribution in [-0.2, 0) is 16.0 Å². The van der Waals surface area contributed by atoms with E-state index >= 15 is 0 Å². The second kappa shape index (κ2) is 8.67. The Morgan fingerprint density at radius 2 is 1.94 bits per heavy atom. The van der Waals surface area contributed by atoms with Gasteiger partial charge in [0.2, 0.25) is 11.8 Å². The van der Waals surface area contributed by atoms with Gasteiger partial charge in [0, 0.05) is 31.8 Å². The zero-order valence-corrected chi connectivity index (χ0v) is 17.6. The molecule has 4 rings (SSSR count). The summed E-state index contributed by atoms with van der Waals surface area (Å²) in [7, 11) is 3.19. The van der Waals surface area contributed by atoms with Gasteiger partial charge in [-0.3, -0.25) is 9.59 Å². The van der Waals surface area contributed by atoms with Gasteiger partial charge in [-0.15, -0.1) is 0 Å². The molecule has 2 N–H and O–H groups in total. The number of nitrogens with one attached hydrogen (secondary N) is 2. The number of nitrogens with zero attached hydrogens (tertiary/aromatic N) is 2. The lowest BCUT2D eigenvalue weighted by atomic mass is 10.0. The average molecular weight is 422 g/mol. The summed E-state index contributed by atoms with van der Waals surface area (Å²) in [4.78, 5) is 42.2. The monoisotopic (exact) mass is 422 g/mol. The summed E-state index contributed by atoms with van der Waals surface area (Å²) in [5, 5.41) is 5.83. The summed E-state index contributed by atoms with van der Waals surface area (Å²) in [6.45, 7) is 0.383. The Kier molecular flexibility index (Phi) is 5.79. The predicted molar refractivity (Wildman–Crippen MR) is 116 cm³/mol. The van der Waals surface area contributed by atoms with Gasteiger partial charge in [-0.25, -0.2) is 4.79 Å². The summed E-state index contributed by atoms with van der Waals surface area (Å²) in [6, 6.07) is 14.5. The Morgan fingerprint density at radius 1 is 1.16 bits per heavy atom. The molecule has 0 radical (unpaired) electrons. The number of amides is 4. The van der Waals surface area contributed by atoms with E-state index in [1.165, 1.54) is 9.80 Å². The molecule has 0 unspecified atom stereocenters. The highest BCUT2D eigenvalue weighted by atomic mass is 16.5. The molecule has 2 heterocycles. The molecule has 0 bridgehead atoms. The van der Waals surface area contributed by atoms with Crippen LogP contribution in [0.25, 0.3) is 0 Å². The number of anilines is 1. The smallest absolute Gasteiger partial charge is 0.322 e. The van der Waals surface area contributed by atoms with Crippen molar-refractivity contribution in [3.05, 3.63) is 60.2 Å². The second-order valence-corrected chi connectivity index (χ2v) is 7.86. The normalized spacial score (nSPS) is 23.1. The topological polar surface area (TPSA) is 91.0 Å². The zero-order valence-electron chi connectivity index (χ0n) is 17.6. The number of rotatable bonds is 4. The fourth-order valence-electron chi connectivity index (χ4n) is 4.26. The largest absolute Gasteiger partial charge is 0.497 e. The molecule has 8 nitrogen and oxygen atoms in total. The Labute approximate surface area is 181 Å². The van der Waals surface area contributed by atoms with Crippen LogP contribution in [0.2, 0.25) is 0 Å². The number of methoxy groups -OCH3 is 1. The van der Waals surface area contributed by atoms with Crippen LogP contribution in [-0.4, -0.2) is 66.5 Å². The van der Waals surface area contributed by atoms with Crippen LogP contribution in [0.4, 0.5) is 10.5 Å². The van der Waals surface area contributed by atoms with Crippen molar-refractivity contribution in [2.45, 2.75) is 31.0 Å². The van der Waals surface area contributed by atoms with Crippen molar-refractivity contribution < 1.29 is 19.1 Å². The molecule has 0 aliphatic carbocycles. The number of ether oxygens (including phenoxy) is 1. The van der Waals surface area contributed by atoms with Crippen molar-refractivity contribution in [3.63, 3.8) is 0 Å². The molecule has 0 saturated carbocycles. The molecule has 162 valence electrons. The number of likely N-dealkylation sites (tertiary alicyclic amines) is 1. The number of carbonyl (C=O) groups excluding carboxylic acids is 3. The summed E-state index contributed by atoms with van der Waals surface area (Å²) in [5.74, 6) is 0.197. The van der Waals surface area contributed by atoms with Crippen molar-refractivity contribution in [2.75, 3.05) is 26.0 Å². The van der Waals surface area contributed by atoms with Gasteiger partial charge in [-0.1, -0.05) is 36.4 Å². The minimum atomic E-state index is -0.736. The molecule has 2 aromatic rings. The molecule has 2 aliphatic rings. The van der Waals surface area contributed by atoms with E-state index in [1.807, 2.05) is 30.3 Å². The first-order chi connectivity index (χ1) is 15.0. The Bertz CT molecular complexity index is 981. The zero-order chi connectivity index (χ0) is 22.0. The minimum absolute atomic E-state index is 0.192. The highest BCUT2D eigenvalue weighted by molar-refractivity contribution is 5.98. The number of fused-ring (bicyclic) bond motifs is 1. The van der Waals surface area contributed by atoms with E-state index in [2.05, 4.69) is 10.6 Å². The molecule has 0 aromatic heterocycles. The van der Waals surface area contributed by atoms with Crippen molar-refractivity contribution in [1.29, 1.82) is 0 Å². The number of urea groups is 1. The lowest BCUT2D eigenvalue weighted by molar-refractivity contribution is -0.138. The van der Waals surface area contributed by atoms with E-state index in [9.17, 15) is 14.4 Å². The maximum absolute atomic E-state index is 13.3. The average Bonchev–Trinajstić information content (AvgIpc) is 3.17. The van der Waals surface area contributed by atoms with Gasteiger partial charge in [-0.05, 0) is 24.1 Å². The van der Waals surface area contributed by atoms with Gasteiger partial charge in [0.25, 0.3) is 0 Å². The fraction of sp³-hybridized carbons (Fsp3) is 0.348. The second-order valence-electron chi connectivity index (χ2n) is 7.86.